The van der Waals surface area contributed by atoms with Crippen LogP contribution in [-0.4, -0.2) is 23.5 Å². The molecule has 3 heteroatoms. The van der Waals surface area contributed by atoms with Crippen LogP contribution in [0.25, 0.3) is 0 Å². The van der Waals surface area contributed by atoms with Crippen molar-refractivity contribution in [3.8, 4) is 0 Å². The molecule has 1 aliphatic heterocycles. The second-order valence-electron chi connectivity index (χ2n) is 2.79. The molecule has 1 amide bonds. The molecule has 1 rings (SSSR count). The van der Waals surface area contributed by atoms with E-state index in [-0.39, 0.29) is 5.91 Å². The molecule has 0 bridgehead atoms. The minimum Gasteiger partial charge on any atom is -0.353 e. The minimum absolute atomic E-state index is 0.233. The molecule has 0 radical (unpaired) electrons. The zero-order valence-corrected chi connectivity index (χ0v) is 7.75. The Labute approximate surface area is 72.1 Å². The van der Waals surface area contributed by atoms with Crippen LogP contribution in [0.5, 0.6) is 0 Å². The second-order valence-corrected chi connectivity index (χ2v) is 4.18. The fourth-order valence-electron chi connectivity index (χ4n) is 1.26. The van der Waals surface area contributed by atoms with Gasteiger partial charge in [-0.1, -0.05) is 6.92 Å². The fourth-order valence-corrected chi connectivity index (χ4v) is 2.00. The molecule has 1 fully saturated rings. The van der Waals surface area contributed by atoms with E-state index < -0.39 is 0 Å². The van der Waals surface area contributed by atoms with Gasteiger partial charge in [-0.3, -0.25) is 4.79 Å². The molecule has 1 unspecified atom stereocenters. The van der Waals surface area contributed by atoms with Crippen LogP contribution >= 0.6 is 11.8 Å². The molecule has 0 aliphatic carbocycles. The largest absolute Gasteiger partial charge is 0.353 e. The number of hydrogen-bond donors (Lipinski definition) is 1. The fraction of sp³-hybridized carbons (Fsp3) is 0.875. The van der Waals surface area contributed by atoms with Crippen LogP contribution < -0.4 is 5.32 Å². The molecule has 0 saturated carbocycles. The topological polar surface area (TPSA) is 29.1 Å². The van der Waals surface area contributed by atoms with Crippen LogP contribution in [0.2, 0.25) is 0 Å². The summed E-state index contributed by atoms with van der Waals surface area (Å²) >= 11 is 1.94. The van der Waals surface area contributed by atoms with Gasteiger partial charge in [-0.2, -0.15) is 11.8 Å². The average molecular weight is 173 g/mol. The third-order valence-corrected chi connectivity index (χ3v) is 2.83. The molecule has 1 aliphatic rings. The van der Waals surface area contributed by atoms with E-state index in [0.29, 0.717) is 6.04 Å². The SMILES string of the molecule is CCSCCC1CCC(=O)N1. The Morgan fingerprint density at radius 1 is 1.73 bits per heavy atom. The molecular formula is C8H15NOS. The predicted molar refractivity (Wildman–Crippen MR) is 48.8 cm³/mol. The summed E-state index contributed by atoms with van der Waals surface area (Å²) < 4.78 is 0. The van der Waals surface area contributed by atoms with Crippen molar-refractivity contribution >= 4 is 17.7 Å². The molecule has 11 heavy (non-hydrogen) atoms. The lowest BCUT2D eigenvalue weighted by atomic mass is 10.2. The Morgan fingerprint density at radius 3 is 3.09 bits per heavy atom. The summed E-state index contributed by atoms with van der Waals surface area (Å²) in [6.07, 6.45) is 2.93. The van der Waals surface area contributed by atoms with Gasteiger partial charge < -0.3 is 5.32 Å². The van der Waals surface area contributed by atoms with Crippen molar-refractivity contribution < 1.29 is 4.79 Å². The van der Waals surface area contributed by atoms with E-state index in [0.717, 1.165) is 19.3 Å². The van der Waals surface area contributed by atoms with Gasteiger partial charge in [0.15, 0.2) is 0 Å². The number of rotatable bonds is 4. The number of thioether (sulfide) groups is 1. The van der Waals surface area contributed by atoms with Gasteiger partial charge in [-0.05, 0) is 24.3 Å². The molecule has 0 aromatic rings. The summed E-state index contributed by atoms with van der Waals surface area (Å²) in [5, 5.41) is 2.96. The van der Waals surface area contributed by atoms with Crippen LogP contribution in [0, 0.1) is 0 Å². The molecule has 64 valence electrons. The van der Waals surface area contributed by atoms with Gasteiger partial charge in [-0.15, -0.1) is 0 Å². The van der Waals surface area contributed by atoms with E-state index >= 15 is 0 Å². The average Bonchev–Trinajstić information content (AvgIpc) is 2.37. The molecule has 0 spiro atoms. The Bertz CT molecular complexity index is 138. The monoisotopic (exact) mass is 173 g/mol. The Balaban J connectivity index is 2.04. The van der Waals surface area contributed by atoms with Crippen LogP contribution in [0.1, 0.15) is 26.2 Å². The summed E-state index contributed by atoms with van der Waals surface area (Å²) in [5.74, 6) is 2.60. The van der Waals surface area contributed by atoms with Crippen LogP contribution in [0.3, 0.4) is 0 Å². The van der Waals surface area contributed by atoms with E-state index in [2.05, 4.69) is 12.2 Å². The Morgan fingerprint density at radius 2 is 2.55 bits per heavy atom. The van der Waals surface area contributed by atoms with Gasteiger partial charge in [0.25, 0.3) is 0 Å². The normalized spacial score (nSPS) is 23.7. The lowest BCUT2D eigenvalue weighted by Crippen LogP contribution is -2.25. The lowest BCUT2D eigenvalue weighted by Gasteiger charge is -2.07. The molecule has 1 heterocycles. The first-order valence-corrected chi connectivity index (χ1v) is 5.35. The second kappa shape index (κ2) is 4.65. The van der Waals surface area contributed by atoms with E-state index in [1.165, 1.54) is 11.5 Å². The standard InChI is InChI=1S/C8H15NOS/c1-2-11-6-5-7-3-4-8(10)9-7/h7H,2-6H2,1H3,(H,9,10). The third kappa shape index (κ3) is 3.14. The van der Waals surface area contributed by atoms with Gasteiger partial charge in [0, 0.05) is 12.5 Å². The molecule has 0 aromatic carbocycles. The maximum atomic E-state index is 10.8. The van der Waals surface area contributed by atoms with E-state index in [1.54, 1.807) is 0 Å². The number of carbonyl (C=O) groups excluding carboxylic acids is 1. The molecular weight excluding hydrogens is 158 g/mol. The Kier molecular flexibility index (Phi) is 3.77. The first kappa shape index (κ1) is 8.91. The highest BCUT2D eigenvalue weighted by molar-refractivity contribution is 7.99. The maximum Gasteiger partial charge on any atom is 0.220 e. The quantitative estimate of drug-likeness (QED) is 0.651. The zero-order chi connectivity index (χ0) is 8.10. The van der Waals surface area contributed by atoms with E-state index in [1.807, 2.05) is 11.8 Å². The first-order chi connectivity index (χ1) is 5.33. The van der Waals surface area contributed by atoms with Crippen molar-refractivity contribution in [2.24, 2.45) is 0 Å². The first-order valence-electron chi connectivity index (χ1n) is 4.20. The maximum absolute atomic E-state index is 10.8. The third-order valence-electron chi connectivity index (χ3n) is 1.90. The van der Waals surface area contributed by atoms with Gasteiger partial charge >= 0.3 is 0 Å². The van der Waals surface area contributed by atoms with Crippen molar-refractivity contribution in [3.63, 3.8) is 0 Å². The van der Waals surface area contributed by atoms with Crippen molar-refractivity contribution in [1.29, 1.82) is 0 Å². The molecule has 2 nitrogen and oxygen atoms in total. The van der Waals surface area contributed by atoms with Crippen molar-refractivity contribution in [2.75, 3.05) is 11.5 Å². The van der Waals surface area contributed by atoms with Crippen molar-refractivity contribution in [2.45, 2.75) is 32.2 Å². The number of carbonyl (C=O) groups is 1. The summed E-state index contributed by atoms with van der Waals surface area (Å²) in [5.41, 5.74) is 0. The smallest absolute Gasteiger partial charge is 0.220 e. The highest BCUT2D eigenvalue weighted by atomic mass is 32.2. The molecule has 0 aromatic heterocycles. The van der Waals surface area contributed by atoms with Crippen LogP contribution in [0.15, 0.2) is 0 Å². The summed E-state index contributed by atoms with van der Waals surface area (Å²) in [7, 11) is 0. The van der Waals surface area contributed by atoms with E-state index in [9.17, 15) is 4.79 Å². The van der Waals surface area contributed by atoms with Gasteiger partial charge in [-0.25, -0.2) is 0 Å². The molecule has 1 N–H and O–H groups in total. The van der Waals surface area contributed by atoms with Gasteiger partial charge in [0.1, 0.15) is 0 Å². The zero-order valence-electron chi connectivity index (χ0n) is 6.93. The number of nitrogens with one attached hydrogen (secondary N) is 1. The predicted octanol–water partition coefficient (Wildman–Crippen LogP) is 1.41. The van der Waals surface area contributed by atoms with Gasteiger partial charge in [0.05, 0.1) is 0 Å². The lowest BCUT2D eigenvalue weighted by molar-refractivity contribution is -0.119. The van der Waals surface area contributed by atoms with Gasteiger partial charge in [0.2, 0.25) is 5.91 Å². The number of amides is 1. The summed E-state index contributed by atoms with van der Waals surface area (Å²) in [4.78, 5) is 10.8. The summed E-state index contributed by atoms with van der Waals surface area (Å²) in [6, 6.07) is 0.474. The van der Waals surface area contributed by atoms with Crippen molar-refractivity contribution in [3.05, 3.63) is 0 Å². The Hall–Kier alpha value is -0.180. The molecule has 1 saturated heterocycles. The molecule has 1 atom stereocenters. The summed E-state index contributed by atoms with van der Waals surface area (Å²) in [6.45, 7) is 2.16. The highest BCUT2D eigenvalue weighted by Gasteiger charge is 2.19. The van der Waals surface area contributed by atoms with Crippen LogP contribution in [0.4, 0.5) is 0 Å². The minimum atomic E-state index is 0.233. The highest BCUT2D eigenvalue weighted by Crippen LogP contribution is 2.12. The number of hydrogen-bond acceptors (Lipinski definition) is 2. The van der Waals surface area contributed by atoms with Crippen molar-refractivity contribution in [1.82, 2.24) is 5.32 Å². The van der Waals surface area contributed by atoms with E-state index in [4.69, 9.17) is 0 Å². The van der Waals surface area contributed by atoms with Crippen LogP contribution in [-0.2, 0) is 4.79 Å².